The zero-order valence-corrected chi connectivity index (χ0v) is 33.3. The molecule has 18 nitrogen and oxygen atoms in total. The summed E-state index contributed by atoms with van der Waals surface area (Å²) in [5.74, 6) is -4.35. The van der Waals surface area contributed by atoms with Crippen LogP contribution in [0, 0.1) is 10.8 Å². The third-order valence-electron chi connectivity index (χ3n) is 6.79. The fourth-order valence-electron chi connectivity index (χ4n) is 3.07. The van der Waals surface area contributed by atoms with Crippen LogP contribution < -0.4 is 29.6 Å². The first-order valence-electron chi connectivity index (χ1n) is 16.5. The number of esters is 2. The predicted octanol–water partition coefficient (Wildman–Crippen LogP) is -1.75. The van der Waals surface area contributed by atoms with Crippen molar-refractivity contribution in [3.05, 3.63) is 24.3 Å². The molecule has 0 atom stereocenters. The molecule has 10 N–H and O–H groups in total. The Labute approximate surface area is 333 Å². The molecule has 0 heterocycles. The van der Waals surface area contributed by atoms with Gasteiger partial charge in [0.15, 0.2) is 0 Å². The van der Waals surface area contributed by atoms with E-state index in [1.54, 1.807) is 0 Å². The maximum atomic E-state index is 11.0. The summed E-state index contributed by atoms with van der Waals surface area (Å²) in [6.45, 7) is 6.52. The Kier molecular flexibility index (Phi) is 41.9. The summed E-state index contributed by atoms with van der Waals surface area (Å²) < 4.78 is 9.45. The van der Waals surface area contributed by atoms with Gasteiger partial charge in [0, 0.05) is 36.8 Å². The zero-order valence-electron chi connectivity index (χ0n) is 32.3. The molecule has 0 saturated heterocycles. The van der Waals surface area contributed by atoms with Crippen molar-refractivity contribution in [2.24, 2.45) is 10.8 Å². The van der Waals surface area contributed by atoms with Crippen LogP contribution in [0.1, 0.15) is 92.3 Å². The van der Waals surface area contributed by atoms with Gasteiger partial charge in [-0.15, -0.1) is 0 Å². The third-order valence-corrected chi connectivity index (χ3v) is 6.79. The summed E-state index contributed by atoms with van der Waals surface area (Å²) in [5.41, 5.74) is -1.89. The standard InChI is InChI=1S/2C9H16O5.2C8H14O4.Na.H/c2*1-7(2)8(13)14-6-9(3-10,4-11)5-12;2*9-7(10)5-3-1-2-4-6-8(11)12;;/h2*10-12H,1,3-6H2,2H3;2*1-6H2,(H,9,10)(H,11,12);;/q;;;;+1;-1. The minimum Gasteiger partial charge on any atom is -1.00 e. The molecule has 0 spiro atoms. The molecule has 0 amide bonds. The minimum absolute atomic E-state index is 0. The van der Waals surface area contributed by atoms with Crippen molar-refractivity contribution >= 4 is 35.8 Å². The van der Waals surface area contributed by atoms with Gasteiger partial charge < -0.3 is 62.0 Å². The van der Waals surface area contributed by atoms with E-state index in [-0.39, 0.29) is 81.0 Å². The van der Waals surface area contributed by atoms with Gasteiger partial charge in [0.05, 0.1) is 50.5 Å². The molecule has 0 aliphatic carbocycles. The van der Waals surface area contributed by atoms with Gasteiger partial charge in [-0.05, 0) is 39.5 Å². The Morgan fingerprint density at radius 2 is 0.642 bits per heavy atom. The Morgan fingerprint density at radius 1 is 0.453 bits per heavy atom. The minimum atomic E-state index is -1.18. The van der Waals surface area contributed by atoms with Crippen molar-refractivity contribution in [3.63, 3.8) is 0 Å². The van der Waals surface area contributed by atoms with Gasteiger partial charge in [0.25, 0.3) is 0 Å². The third kappa shape index (κ3) is 38.6. The molecule has 53 heavy (non-hydrogen) atoms. The summed E-state index contributed by atoms with van der Waals surface area (Å²) >= 11 is 0. The molecule has 19 heteroatoms. The number of rotatable bonds is 26. The van der Waals surface area contributed by atoms with Crippen molar-refractivity contribution in [3.8, 4) is 0 Å². The first-order chi connectivity index (χ1) is 24.3. The van der Waals surface area contributed by atoms with Crippen LogP contribution in [-0.4, -0.2) is 140 Å². The molecule has 0 aliphatic heterocycles. The number of carbonyl (C=O) groups excluding carboxylic acids is 2. The molecule has 0 saturated carbocycles. The second-order valence-corrected chi connectivity index (χ2v) is 12.1. The van der Waals surface area contributed by atoms with Gasteiger partial charge in [-0.2, -0.15) is 0 Å². The van der Waals surface area contributed by atoms with Crippen molar-refractivity contribution < 1.29 is 120 Å². The topological polar surface area (TPSA) is 323 Å². The van der Waals surface area contributed by atoms with Crippen LogP contribution in [-0.2, 0) is 38.2 Å². The van der Waals surface area contributed by atoms with E-state index in [4.69, 9.17) is 60.5 Å². The van der Waals surface area contributed by atoms with Crippen LogP contribution in [0.25, 0.3) is 0 Å². The van der Waals surface area contributed by atoms with Gasteiger partial charge in [-0.1, -0.05) is 38.8 Å². The van der Waals surface area contributed by atoms with Crippen molar-refractivity contribution in [2.45, 2.75) is 90.9 Å². The van der Waals surface area contributed by atoms with E-state index in [9.17, 15) is 28.8 Å². The summed E-state index contributed by atoms with van der Waals surface area (Å²) in [5, 5.41) is 86.4. The van der Waals surface area contributed by atoms with Crippen molar-refractivity contribution in [1.82, 2.24) is 0 Å². The van der Waals surface area contributed by atoms with E-state index in [1.807, 2.05) is 0 Å². The number of hydrogen-bond donors (Lipinski definition) is 10. The molecule has 0 aromatic rings. The normalized spacial score (nSPS) is 10.3. The number of ether oxygens (including phenoxy) is 2. The van der Waals surface area contributed by atoms with Gasteiger partial charge >= 0.3 is 65.4 Å². The second-order valence-electron chi connectivity index (χ2n) is 12.1. The Morgan fingerprint density at radius 3 is 0.774 bits per heavy atom. The van der Waals surface area contributed by atoms with E-state index < -0.39 is 86.3 Å². The van der Waals surface area contributed by atoms with E-state index in [0.29, 0.717) is 25.7 Å². The predicted molar refractivity (Wildman–Crippen MR) is 186 cm³/mol. The molecule has 0 aliphatic rings. The van der Waals surface area contributed by atoms with Crippen LogP contribution in [0.4, 0.5) is 0 Å². The molecule has 0 bridgehead atoms. The van der Waals surface area contributed by atoms with Gasteiger partial charge in [0.2, 0.25) is 0 Å². The van der Waals surface area contributed by atoms with Crippen LogP contribution in [0.15, 0.2) is 24.3 Å². The first kappa shape index (κ1) is 59.3. The molecule has 0 fully saturated rings. The SMILES string of the molecule is C=C(C)C(=O)OCC(CO)(CO)CO.C=C(C)C(=O)OCC(CO)(CO)CO.O=C(O)CCCCCCC(=O)O.O=C(O)CCCCCCC(=O)O.[H-].[Na+]. The Bertz CT molecular complexity index is 927. The summed E-state index contributed by atoms with van der Waals surface area (Å²) in [6, 6.07) is 0. The molecule has 0 radical (unpaired) electrons. The van der Waals surface area contributed by atoms with Gasteiger partial charge in [-0.25, -0.2) is 9.59 Å². The summed E-state index contributed by atoms with van der Waals surface area (Å²) in [6.07, 6.45) is 6.56. The van der Waals surface area contributed by atoms with Gasteiger partial charge in [0.1, 0.15) is 13.2 Å². The molecule has 0 aromatic carbocycles. The maximum absolute atomic E-state index is 11.0. The molecule has 0 unspecified atom stereocenters. The quantitative estimate of drug-likeness (QED) is 0.0201. The molecular formula is C34H61NaO18. The molecule has 0 aromatic heterocycles. The number of aliphatic hydroxyl groups excluding tert-OH is 6. The van der Waals surface area contributed by atoms with Crippen LogP contribution >= 0.6 is 0 Å². The van der Waals surface area contributed by atoms with E-state index in [1.165, 1.54) is 13.8 Å². The van der Waals surface area contributed by atoms with E-state index in [2.05, 4.69) is 13.2 Å². The largest absolute Gasteiger partial charge is 1.00 e. The van der Waals surface area contributed by atoms with Crippen molar-refractivity contribution in [1.29, 1.82) is 0 Å². The number of hydrogen-bond acceptors (Lipinski definition) is 14. The monoisotopic (exact) mass is 780 g/mol. The number of aliphatic hydroxyl groups is 6. The smallest absolute Gasteiger partial charge is 1.00 e. The van der Waals surface area contributed by atoms with E-state index in [0.717, 1.165) is 25.7 Å². The number of carboxylic acids is 4. The molecule has 306 valence electrons. The fraction of sp³-hybridized carbons (Fsp3) is 0.706. The zero-order chi connectivity index (χ0) is 41.2. The first-order valence-corrected chi connectivity index (χ1v) is 16.5. The number of carboxylic acid groups (broad SMARTS) is 4. The maximum Gasteiger partial charge on any atom is 1.00 e. The van der Waals surface area contributed by atoms with Crippen LogP contribution in [0.5, 0.6) is 0 Å². The second kappa shape index (κ2) is 37.4. The van der Waals surface area contributed by atoms with Crippen LogP contribution in [0.3, 0.4) is 0 Å². The average Bonchev–Trinajstić information content (AvgIpc) is 3.09. The van der Waals surface area contributed by atoms with E-state index >= 15 is 0 Å². The van der Waals surface area contributed by atoms with Crippen LogP contribution in [0.2, 0.25) is 0 Å². The number of aliphatic carboxylic acids is 4. The molecule has 0 rings (SSSR count). The average molecular weight is 781 g/mol. The fourth-order valence-corrected chi connectivity index (χ4v) is 3.07. The van der Waals surface area contributed by atoms with Gasteiger partial charge in [-0.3, -0.25) is 19.2 Å². The number of carbonyl (C=O) groups is 6. The molecular weight excluding hydrogens is 719 g/mol. The Hall–Kier alpha value is -2.94. The van der Waals surface area contributed by atoms with Crippen molar-refractivity contribution in [2.75, 3.05) is 52.9 Å². The summed E-state index contributed by atoms with van der Waals surface area (Å²) in [4.78, 5) is 62.1. The number of unbranched alkanes of at least 4 members (excludes halogenated alkanes) is 6. The summed E-state index contributed by atoms with van der Waals surface area (Å²) in [7, 11) is 0. The Balaban J connectivity index is -0.000000141.